The second-order valence-electron chi connectivity index (χ2n) is 7.00. The van der Waals surface area contributed by atoms with Crippen molar-refractivity contribution in [2.45, 2.75) is 38.6 Å². The van der Waals surface area contributed by atoms with Crippen molar-refractivity contribution in [3.05, 3.63) is 58.0 Å². The van der Waals surface area contributed by atoms with Gasteiger partial charge in [-0.2, -0.15) is 0 Å². The van der Waals surface area contributed by atoms with Gasteiger partial charge in [0.25, 0.3) is 5.91 Å². The van der Waals surface area contributed by atoms with Gasteiger partial charge < -0.3 is 16.0 Å². The molecule has 1 heterocycles. The first-order chi connectivity index (χ1) is 12.5. The molecule has 6 nitrogen and oxygen atoms in total. The molecular weight excluding hydrogens is 364 g/mol. The number of rotatable bonds is 3. The Bertz CT molecular complexity index is 1050. The maximum Gasteiger partial charge on any atom is 0.326 e. The van der Waals surface area contributed by atoms with Gasteiger partial charge in [0, 0.05) is 23.0 Å². The van der Waals surface area contributed by atoms with Crippen molar-refractivity contribution in [2.24, 2.45) is 0 Å². The number of nitrogens with two attached hydrogens (primary N) is 1. The van der Waals surface area contributed by atoms with E-state index in [0.717, 1.165) is 36.8 Å². The van der Waals surface area contributed by atoms with Gasteiger partial charge in [-0.15, -0.1) is 12.4 Å². The molecule has 0 radical (unpaired) electrons. The van der Waals surface area contributed by atoms with Crippen molar-refractivity contribution in [1.82, 2.24) is 9.55 Å². The highest BCUT2D eigenvalue weighted by Gasteiger charge is 2.21. The Morgan fingerprint density at radius 2 is 1.93 bits per heavy atom. The maximum atomic E-state index is 12.6. The summed E-state index contributed by atoms with van der Waals surface area (Å²) in [6, 6.07) is 11.0. The van der Waals surface area contributed by atoms with Gasteiger partial charge in [-0.25, -0.2) is 4.79 Å². The Balaban J connectivity index is 0.00000210. The Morgan fingerprint density at radius 3 is 2.67 bits per heavy atom. The van der Waals surface area contributed by atoms with Crippen LogP contribution < -0.4 is 16.7 Å². The predicted molar refractivity (Wildman–Crippen MR) is 111 cm³/mol. The highest BCUT2D eigenvalue weighted by atomic mass is 35.5. The van der Waals surface area contributed by atoms with Crippen LogP contribution in [0.5, 0.6) is 0 Å². The summed E-state index contributed by atoms with van der Waals surface area (Å²) in [6.45, 7) is 1.91. The number of aromatic amines is 1. The number of H-pyrrole nitrogens is 1. The molecule has 0 saturated heterocycles. The topological polar surface area (TPSA) is 92.9 Å². The van der Waals surface area contributed by atoms with Crippen LogP contribution in [-0.4, -0.2) is 15.5 Å². The molecule has 1 aliphatic rings. The van der Waals surface area contributed by atoms with Crippen molar-refractivity contribution in [3.8, 4) is 0 Å². The van der Waals surface area contributed by atoms with Crippen LogP contribution >= 0.6 is 12.4 Å². The standard InChI is InChI=1S/C20H22N4O2.ClH/c1-12-6-8-14(21)11-16(12)22-19(25)13-7-9-18-17(10-13)23-20(26)24(18)15-4-2-3-5-15;/h6-11,15H,2-5,21H2,1H3,(H,22,25)(H,23,26);1H. The SMILES string of the molecule is Cc1ccc(N)cc1NC(=O)c1ccc2c(c1)[nH]c(=O)n2C1CCCC1.Cl. The van der Waals surface area contributed by atoms with E-state index >= 15 is 0 Å². The first-order valence-electron chi connectivity index (χ1n) is 8.94. The summed E-state index contributed by atoms with van der Waals surface area (Å²) in [6.07, 6.45) is 4.38. The molecule has 27 heavy (non-hydrogen) atoms. The number of benzene rings is 2. The fourth-order valence-electron chi connectivity index (χ4n) is 3.77. The Morgan fingerprint density at radius 1 is 1.19 bits per heavy atom. The van der Waals surface area contributed by atoms with E-state index in [2.05, 4.69) is 10.3 Å². The molecule has 0 bridgehead atoms. The third-order valence-corrected chi connectivity index (χ3v) is 5.18. The van der Waals surface area contributed by atoms with Crippen LogP contribution in [0.4, 0.5) is 11.4 Å². The monoisotopic (exact) mass is 386 g/mol. The van der Waals surface area contributed by atoms with Gasteiger partial charge in [-0.3, -0.25) is 9.36 Å². The van der Waals surface area contributed by atoms with E-state index in [-0.39, 0.29) is 30.0 Å². The number of aryl methyl sites for hydroxylation is 1. The molecule has 0 spiro atoms. The fraction of sp³-hybridized carbons (Fsp3) is 0.300. The summed E-state index contributed by atoms with van der Waals surface area (Å²) in [5.41, 5.74) is 9.98. The van der Waals surface area contributed by atoms with Crippen LogP contribution in [0.15, 0.2) is 41.2 Å². The van der Waals surface area contributed by atoms with Gasteiger partial charge in [0.2, 0.25) is 0 Å². The Labute approximate surface area is 163 Å². The summed E-state index contributed by atoms with van der Waals surface area (Å²) in [5, 5.41) is 2.89. The second-order valence-corrected chi connectivity index (χ2v) is 7.00. The van der Waals surface area contributed by atoms with E-state index in [4.69, 9.17) is 5.73 Å². The minimum absolute atomic E-state index is 0. The zero-order chi connectivity index (χ0) is 18.3. The molecule has 7 heteroatoms. The van der Waals surface area contributed by atoms with E-state index < -0.39 is 0 Å². The molecule has 1 fully saturated rings. The zero-order valence-electron chi connectivity index (χ0n) is 15.1. The van der Waals surface area contributed by atoms with E-state index in [1.165, 1.54) is 0 Å². The lowest BCUT2D eigenvalue weighted by Gasteiger charge is -2.12. The minimum atomic E-state index is -0.227. The number of fused-ring (bicyclic) bond motifs is 1. The van der Waals surface area contributed by atoms with E-state index in [0.29, 0.717) is 22.5 Å². The number of nitrogen functional groups attached to an aromatic ring is 1. The summed E-state index contributed by atoms with van der Waals surface area (Å²) in [7, 11) is 0. The van der Waals surface area contributed by atoms with Gasteiger partial charge in [-0.05, 0) is 55.7 Å². The number of aromatic nitrogens is 2. The highest BCUT2D eigenvalue weighted by molar-refractivity contribution is 6.06. The molecule has 3 aromatic rings. The minimum Gasteiger partial charge on any atom is -0.399 e. The summed E-state index contributed by atoms with van der Waals surface area (Å²) < 4.78 is 1.84. The van der Waals surface area contributed by atoms with E-state index in [1.54, 1.807) is 24.3 Å². The molecule has 1 aromatic heterocycles. The number of imidazole rings is 1. The molecule has 4 N–H and O–H groups in total. The predicted octanol–water partition coefficient (Wildman–Crippen LogP) is 4.01. The van der Waals surface area contributed by atoms with Crippen LogP contribution in [-0.2, 0) is 0 Å². The van der Waals surface area contributed by atoms with Crippen LogP contribution in [0.3, 0.4) is 0 Å². The maximum absolute atomic E-state index is 12.6. The number of hydrogen-bond donors (Lipinski definition) is 3. The van der Waals surface area contributed by atoms with Crippen LogP contribution in [0.25, 0.3) is 11.0 Å². The number of anilines is 2. The normalized spacial score (nSPS) is 14.3. The first kappa shape index (κ1) is 19.0. The van der Waals surface area contributed by atoms with Crippen LogP contribution in [0, 0.1) is 6.92 Å². The number of carbonyl (C=O) groups is 1. The van der Waals surface area contributed by atoms with E-state index in [1.807, 2.05) is 23.6 Å². The van der Waals surface area contributed by atoms with Gasteiger partial charge in [-0.1, -0.05) is 18.9 Å². The molecular formula is C20H23ClN4O2. The van der Waals surface area contributed by atoms with Crippen molar-refractivity contribution >= 4 is 40.7 Å². The molecule has 2 aromatic carbocycles. The summed E-state index contributed by atoms with van der Waals surface area (Å²) in [4.78, 5) is 27.9. The van der Waals surface area contributed by atoms with Crippen molar-refractivity contribution in [3.63, 3.8) is 0 Å². The average molecular weight is 387 g/mol. The molecule has 142 valence electrons. The lowest BCUT2D eigenvalue weighted by molar-refractivity contribution is 0.102. The Kier molecular flexibility index (Phi) is 5.28. The summed E-state index contributed by atoms with van der Waals surface area (Å²) in [5.74, 6) is -0.227. The third kappa shape index (κ3) is 3.57. The van der Waals surface area contributed by atoms with Crippen LogP contribution in [0.1, 0.15) is 47.6 Å². The lowest BCUT2D eigenvalue weighted by atomic mass is 10.1. The number of nitrogens with one attached hydrogen (secondary N) is 2. The van der Waals surface area contributed by atoms with E-state index in [9.17, 15) is 9.59 Å². The van der Waals surface area contributed by atoms with Gasteiger partial charge in [0.15, 0.2) is 0 Å². The lowest BCUT2D eigenvalue weighted by Crippen LogP contribution is -2.20. The van der Waals surface area contributed by atoms with Gasteiger partial charge in [0.1, 0.15) is 0 Å². The third-order valence-electron chi connectivity index (χ3n) is 5.18. The van der Waals surface area contributed by atoms with Gasteiger partial charge in [0.05, 0.1) is 11.0 Å². The number of amides is 1. The van der Waals surface area contributed by atoms with Crippen molar-refractivity contribution < 1.29 is 4.79 Å². The molecule has 1 amide bonds. The van der Waals surface area contributed by atoms with Crippen molar-refractivity contribution in [2.75, 3.05) is 11.1 Å². The number of halogens is 1. The van der Waals surface area contributed by atoms with Crippen molar-refractivity contribution in [1.29, 1.82) is 0 Å². The number of hydrogen-bond acceptors (Lipinski definition) is 3. The molecule has 1 saturated carbocycles. The molecule has 0 unspecified atom stereocenters. The Hall–Kier alpha value is -2.73. The molecule has 1 aliphatic carbocycles. The summed E-state index contributed by atoms with van der Waals surface area (Å²) >= 11 is 0. The number of carbonyl (C=O) groups excluding carboxylic acids is 1. The molecule has 0 atom stereocenters. The smallest absolute Gasteiger partial charge is 0.326 e. The van der Waals surface area contributed by atoms with Crippen LogP contribution in [0.2, 0.25) is 0 Å². The first-order valence-corrected chi connectivity index (χ1v) is 8.94. The molecule has 0 aliphatic heterocycles. The van der Waals surface area contributed by atoms with Gasteiger partial charge >= 0.3 is 5.69 Å². The fourth-order valence-corrected chi connectivity index (χ4v) is 3.77. The largest absolute Gasteiger partial charge is 0.399 e. The molecule has 4 rings (SSSR count). The quantitative estimate of drug-likeness (QED) is 0.594. The second kappa shape index (κ2) is 7.48. The zero-order valence-corrected chi connectivity index (χ0v) is 15.9. The number of nitrogens with zero attached hydrogens (tertiary/aromatic N) is 1. The average Bonchev–Trinajstić information content (AvgIpc) is 3.23. The highest BCUT2D eigenvalue weighted by Crippen LogP contribution is 2.30.